The molecule has 0 bridgehead atoms. The van der Waals surface area contributed by atoms with Crippen molar-refractivity contribution in [3.63, 3.8) is 0 Å². The highest BCUT2D eigenvalue weighted by molar-refractivity contribution is 6.62. The van der Waals surface area contributed by atoms with Gasteiger partial charge in [-0.1, -0.05) is 25.5 Å². The molecular weight excluding hydrogens is 311 g/mol. The zero-order valence-corrected chi connectivity index (χ0v) is 16.5. The average molecular weight is 344 g/mol. The number of benzene rings is 1. The van der Waals surface area contributed by atoms with E-state index in [0.717, 1.165) is 31.6 Å². The number of nitrogens with zero attached hydrogens (tertiary/aromatic N) is 2. The summed E-state index contributed by atoms with van der Waals surface area (Å²) >= 11 is 0. The number of hydrogen-bond acceptors (Lipinski definition) is 4. The Kier molecular flexibility index (Phi) is 5.47. The van der Waals surface area contributed by atoms with E-state index in [1.165, 1.54) is 25.1 Å². The molecule has 25 heavy (non-hydrogen) atoms. The van der Waals surface area contributed by atoms with Crippen LogP contribution < -0.4 is 10.4 Å². The fraction of sp³-hybridized carbons (Fsp3) is 0.700. The second-order valence-corrected chi connectivity index (χ2v) is 8.37. The van der Waals surface area contributed by atoms with Crippen LogP contribution in [0.2, 0.25) is 0 Å². The van der Waals surface area contributed by atoms with Crippen molar-refractivity contribution < 1.29 is 9.31 Å². The van der Waals surface area contributed by atoms with Crippen LogP contribution in [0.25, 0.3) is 0 Å². The molecule has 0 unspecified atom stereocenters. The molecule has 0 atom stereocenters. The lowest BCUT2D eigenvalue weighted by Crippen LogP contribution is -2.47. The fourth-order valence-corrected chi connectivity index (χ4v) is 3.46. The van der Waals surface area contributed by atoms with E-state index >= 15 is 0 Å². The molecule has 0 aromatic heterocycles. The minimum atomic E-state index is -0.293. The minimum Gasteiger partial charge on any atom is -0.399 e. The molecule has 0 aliphatic carbocycles. The van der Waals surface area contributed by atoms with Crippen molar-refractivity contribution in [2.24, 2.45) is 0 Å². The van der Waals surface area contributed by atoms with Crippen LogP contribution in [0, 0.1) is 0 Å². The van der Waals surface area contributed by atoms with Gasteiger partial charge in [-0.2, -0.15) is 0 Å². The van der Waals surface area contributed by atoms with E-state index in [4.69, 9.17) is 9.31 Å². The number of hydrogen-bond donors (Lipinski definition) is 0. The summed E-state index contributed by atoms with van der Waals surface area (Å²) in [6.07, 6.45) is 2.58. The van der Waals surface area contributed by atoms with Gasteiger partial charge < -0.3 is 14.2 Å². The van der Waals surface area contributed by atoms with E-state index in [0.29, 0.717) is 0 Å². The molecule has 4 nitrogen and oxygen atoms in total. The van der Waals surface area contributed by atoms with Gasteiger partial charge in [0, 0.05) is 31.9 Å². The van der Waals surface area contributed by atoms with Crippen LogP contribution in [0.1, 0.15) is 47.5 Å². The van der Waals surface area contributed by atoms with Crippen LogP contribution in [0.4, 0.5) is 5.69 Å². The number of anilines is 1. The highest BCUT2D eigenvalue weighted by Crippen LogP contribution is 2.36. The summed E-state index contributed by atoms with van der Waals surface area (Å²) in [5, 5.41) is 0. The maximum absolute atomic E-state index is 6.20. The molecule has 1 aromatic rings. The van der Waals surface area contributed by atoms with Crippen molar-refractivity contribution >= 4 is 18.3 Å². The summed E-state index contributed by atoms with van der Waals surface area (Å²) in [7, 11) is -0.282. The zero-order chi connectivity index (χ0) is 18.1. The Morgan fingerprint density at radius 2 is 1.64 bits per heavy atom. The summed E-state index contributed by atoms with van der Waals surface area (Å²) < 4.78 is 12.4. The van der Waals surface area contributed by atoms with Gasteiger partial charge in [-0.15, -0.1) is 0 Å². The topological polar surface area (TPSA) is 24.9 Å². The molecule has 2 fully saturated rings. The summed E-state index contributed by atoms with van der Waals surface area (Å²) in [6, 6.07) is 8.68. The number of unbranched alkanes of at least 4 members (excludes halogenated alkanes) is 1. The van der Waals surface area contributed by atoms with Crippen molar-refractivity contribution in [2.75, 3.05) is 37.6 Å². The van der Waals surface area contributed by atoms with Crippen LogP contribution in [0.5, 0.6) is 0 Å². The molecule has 0 spiro atoms. The lowest BCUT2D eigenvalue weighted by molar-refractivity contribution is 0.00578. The second kappa shape index (κ2) is 7.30. The van der Waals surface area contributed by atoms with Crippen molar-refractivity contribution in [2.45, 2.75) is 58.7 Å². The van der Waals surface area contributed by atoms with E-state index < -0.39 is 0 Å². The van der Waals surface area contributed by atoms with Crippen molar-refractivity contribution in [3.05, 3.63) is 24.3 Å². The van der Waals surface area contributed by atoms with Crippen molar-refractivity contribution in [3.8, 4) is 0 Å². The van der Waals surface area contributed by atoms with Gasteiger partial charge in [0.2, 0.25) is 0 Å². The molecule has 2 saturated heterocycles. The van der Waals surface area contributed by atoms with Gasteiger partial charge in [-0.3, -0.25) is 4.90 Å². The van der Waals surface area contributed by atoms with E-state index in [1.54, 1.807) is 0 Å². The van der Waals surface area contributed by atoms with Crippen LogP contribution in [-0.4, -0.2) is 55.9 Å². The fourth-order valence-electron chi connectivity index (χ4n) is 3.46. The van der Waals surface area contributed by atoms with Crippen LogP contribution in [0.15, 0.2) is 24.3 Å². The molecule has 0 amide bonds. The molecule has 2 heterocycles. The monoisotopic (exact) mass is 344 g/mol. The molecule has 2 aliphatic heterocycles. The molecule has 3 rings (SSSR count). The van der Waals surface area contributed by atoms with Crippen LogP contribution >= 0.6 is 0 Å². The van der Waals surface area contributed by atoms with Gasteiger partial charge in [0.05, 0.1) is 11.2 Å². The zero-order valence-electron chi connectivity index (χ0n) is 16.5. The van der Waals surface area contributed by atoms with Gasteiger partial charge in [0.25, 0.3) is 0 Å². The first-order chi connectivity index (χ1) is 11.8. The second-order valence-electron chi connectivity index (χ2n) is 8.37. The third-order valence-corrected chi connectivity index (χ3v) is 5.96. The quantitative estimate of drug-likeness (QED) is 0.767. The standard InChI is InChI=1S/C20H33BN2O2/c1-6-7-11-22-12-14-23(15-13-22)18-10-8-9-17(16-18)21-24-19(2,3)20(4,5)25-21/h8-10,16H,6-7,11-15H2,1-5H3. The van der Waals surface area contributed by atoms with Crippen molar-refractivity contribution in [1.29, 1.82) is 0 Å². The van der Waals surface area contributed by atoms with Gasteiger partial charge in [0.15, 0.2) is 0 Å². The summed E-state index contributed by atoms with van der Waals surface area (Å²) in [5.74, 6) is 0. The highest BCUT2D eigenvalue weighted by atomic mass is 16.7. The van der Waals surface area contributed by atoms with Gasteiger partial charge in [0.1, 0.15) is 0 Å². The van der Waals surface area contributed by atoms with E-state index in [9.17, 15) is 0 Å². The summed E-state index contributed by atoms with van der Waals surface area (Å²) in [4.78, 5) is 5.06. The van der Waals surface area contributed by atoms with Gasteiger partial charge in [-0.25, -0.2) is 0 Å². The van der Waals surface area contributed by atoms with Crippen molar-refractivity contribution in [1.82, 2.24) is 4.90 Å². The van der Waals surface area contributed by atoms with Gasteiger partial charge in [-0.05, 0) is 58.3 Å². The summed E-state index contributed by atoms with van der Waals surface area (Å²) in [5.41, 5.74) is 1.81. The van der Waals surface area contributed by atoms with E-state index in [2.05, 4.69) is 68.7 Å². The molecule has 2 aliphatic rings. The number of rotatable bonds is 5. The predicted molar refractivity (Wildman–Crippen MR) is 106 cm³/mol. The maximum atomic E-state index is 6.20. The third-order valence-electron chi connectivity index (χ3n) is 5.96. The Morgan fingerprint density at radius 3 is 2.24 bits per heavy atom. The molecule has 0 N–H and O–H groups in total. The number of piperazine rings is 1. The maximum Gasteiger partial charge on any atom is 0.494 e. The highest BCUT2D eigenvalue weighted by Gasteiger charge is 2.51. The van der Waals surface area contributed by atoms with E-state index in [-0.39, 0.29) is 18.3 Å². The Balaban J connectivity index is 1.65. The third kappa shape index (κ3) is 4.04. The Morgan fingerprint density at radius 1 is 1.00 bits per heavy atom. The Labute approximate surface area is 153 Å². The molecular formula is C20H33BN2O2. The Hall–Kier alpha value is -1.04. The molecule has 1 aromatic carbocycles. The van der Waals surface area contributed by atoms with Crippen LogP contribution in [-0.2, 0) is 9.31 Å². The minimum absolute atomic E-state index is 0.282. The lowest BCUT2D eigenvalue weighted by atomic mass is 9.79. The normalized spacial score (nSPS) is 23.2. The molecule has 5 heteroatoms. The lowest BCUT2D eigenvalue weighted by Gasteiger charge is -2.36. The first-order valence-electron chi connectivity index (χ1n) is 9.75. The first-order valence-corrected chi connectivity index (χ1v) is 9.75. The van der Waals surface area contributed by atoms with E-state index in [1.807, 2.05) is 0 Å². The molecule has 138 valence electrons. The largest absolute Gasteiger partial charge is 0.494 e. The molecule has 0 radical (unpaired) electrons. The SMILES string of the molecule is CCCCN1CCN(c2cccc(B3OC(C)(C)C(C)(C)O3)c2)CC1. The Bertz CT molecular complexity index is 567. The van der Waals surface area contributed by atoms with Crippen LogP contribution in [0.3, 0.4) is 0 Å². The first kappa shape index (κ1) is 18.7. The average Bonchev–Trinajstić information content (AvgIpc) is 2.81. The summed E-state index contributed by atoms with van der Waals surface area (Å²) in [6.45, 7) is 16.4. The predicted octanol–water partition coefficient (Wildman–Crippen LogP) is 2.91. The molecule has 0 saturated carbocycles. The smallest absolute Gasteiger partial charge is 0.399 e. The van der Waals surface area contributed by atoms with Gasteiger partial charge >= 0.3 is 7.12 Å².